The molecule has 2 rings (SSSR count). The zero-order valence-corrected chi connectivity index (χ0v) is 11.8. The molecule has 2 amide bonds. The van der Waals surface area contributed by atoms with E-state index in [2.05, 4.69) is 0 Å². The highest BCUT2D eigenvalue weighted by Gasteiger charge is 2.37. The van der Waals surface area contributed by atoms with Crippen molar-refractivity contribution in [3.05, 3.63) is 0 Å². The van der Waals surface area contributed by atoms with Crippen LogP contribution in [-0.4, -0.2) is 58.5 Å². The molecule has 2 heterocycles. The topological polar surface area (TPSA) is 60.9 Å². The second kappa shape index (κ2) is 5.90. The first kappa shape index (κ1) is 14.3. The Morgan fingerprint density at radius 1 is 1.47 bits per heavy atom. The molecule has 5 heteroatoms. The van der Waals surface area contributed by atoms with Crippen LogP contribution < -0.4 is 0 Å². The highest BCUT2D eigenvalue weighted by atomic mass is 16.3. The third kappa shape index (κ3) is 2.91. The van der Waals surface area contributed by atoms with Gasteiger partial charge in [0.1, 0.15) is 0 Å². The molecule has 3 atom stereocenters. The number of rotatable bonds is 3. The molecule has 19 heavy (non-hydrogen) atoms. The summed E-state index contributed by atoms with van der Waals surface area (Å²) in [6, 6.07) is -0.101. The van der Waals surface area contributed by atoms with E-state index < -0.39 is 6.10 Å². The summed E-state index contributed by atoms with van der Waals surface area (Å²) >= 11 is 0. The van der Waals surface area contributed by atoms with Crippen LogP contribution in [0.2, 0.25) is 0 Å². The second-order valence-corrected chi connectivity index (χ2v) is 5.71. The standard InChI is InChI=1S/C14H24N2O3/c1-3-10(2)14(19)15-8-6-11(12(17)9-15)16-7-4-5-13(16)18/h10-12,17H,3-9H2,1-2H3. The Morgan fingerprint density at radius 3 is 2.74 bits per heavy atom. The van der Waals surface area contributed by atoms with Gasteiger partial charge in [0.25, 0.3) is 0 Å². The van der Waals surface area contributed by atoms with E-state index in [4.69, 9.17) is 0 Å². The van der Waals surface area contributed by atoms with E-state index in [1.165, 1.54) is 0 Å². The molecular formula is C14H24N2O3. The van der Waals surface area contributed by atoms with E-state index in [1.54, 1.807) is 9.80 Å². The summed E-state index contributed by atoms with van der Waals surface area (Å²) in [5.74, 6) is 0.274. The van der Waals surface area contributed by atoms with Crippen LogP contribution in [0.25, 0.3) is 0 Å². The number of amides is 2. The number of likely N-dealkylation sites (tertiary alicyclic amines) is 2. The van der Waals surface area contributed by atoms with Crippen molar-refractivity contribution in [3.8, 4) is 0 Å². The molecule has 0 aromatic carbocycles. The minimum Gasteiger partial charge on any atom is -0.389 e. The number of aliphatic hydroxyl groups is 1. The first-order chi connectivity index (χ1) is 9.04. The summed E-state index contributed by atoms with van der Waals surface area (Å²) in [7, 11) is 0. The van der Waals surface area contributed by atoms with E-state index in [-0.39, 0.29) is 23.8 Å². The lowest BCUT2D eigenvalue weighted by atomic mass is 9.98. The number of β-amino-alcohol motifs (C(OH)–C–C–N with tert-alkyl or cyclic N) is 1. The zero-order valence-electron chi connectivity index (χ0n) is 11.8. The number of nitrogens with zero attached hydrogens (tertiary/aromatic N) is 2. The summed E-state index contributed by atoms with van der Waals surface area (Å²) < 4.78 is 0. The maximum atomic E-state index is 12.1. The number of carbonyl (C=O) groups is 2. The van der Waals surface area contributed by atoms with Crippen LogP contribution in [0, 0.1) is 5.92 Å². The number of aliphatic hydroxyl groups excluding tert-OH is 1. The maximum Gasteiger partial charge on any atom is 0.225 e. The molecule has 0 radical (unpaired) electrons. The van der Waals surface area contributed by atoms with Gasteiger partial charge in [0.05, 0.1) is 12.1 Å². The molecule has 2 aliphatic heterocycles. The van der Waals surface area contributed by atoms with Crippen molar-refractivity contribution in [2.45, 2.75) is 51.7 Å². The lowest BCUT2D eigenvalue weighted by Gasteiger charge is -2.40. The summed E-state index contributed by atoms with van der Waals surface area (Å²) in [4.78, 5) is 27.4. The Morgan fingerprint density at radius 2 is 2.21 bits per heavy atom. The number of carbonyl (C=O) groups excluding carboxylic acids is 2. The van der Waals surface area contributed by atoms with Crippen LogP contribution in [0.15, 0.2) is 0 Å². The SMILES string of the molecule is CCC(C)C(=O)N1CCC(N2CCCC2=O)C(O)C1. The van der Waals surface area contributed by atoms with Crippen molar-refractivity contribution in [1.82, 2.24) is 9.80 Å². The van der Waals surface area contributed by atoms with Crippen LogP contribution in [0.5, 0.6) is 0 Å². The molecular weight excluding hydrogens is 244 g/mol. The maximum absolute atomic E-state index is 12.1. The lowest BCUT2D eigenvalue weighted by Crippen LogP contribution is -2.56. The Kier molecular flexibility index (Phi) is 4.45. The summed E-state index contributed by atoms with van der Waals surface area (Å²) in [5.41, 5.74) is 0. The average Bonchev–Trinajstić information content (AvgIpc) is 2.83. The van der Waals surface area contributed by atoms with Crippen LogP contribution >= 0.6 is 0 Å². The third-order valence-corrected chi connectivity index (χ3v) is 4.40. The number of piperidine rings is 1. The van der Waals surface area contributed by atoms with Gasteiger partial charge in [-0.3, -0.25) is 9.59 Å². The molecule has 0 aliphatic carbocycles. The van der Waals surface area contributed by atoms with Crippen LogP contribution in [0.3, 0.4) is 0 Å². The molecule has 0 aromatic heterocycles. The van der Waals surface area contributed by atoms with Gasteiger partial charge in [-0.2, -0.15) is 0 Å². The highest BCUT2D eigenvalue weighted by molar-refractivity contribution is 5.79. The van der Waals surface area contributed by atoms with Crippen molar-refractivity contribution in [2.24, 2.45) is 5.92 Å². The van der Waals surface area contributed by atoms with E-state index in [9.17, 15) is 14.7 Å². The van der Waals surface area contributed by atoms with E-state index in [1.807, 2.05) is 13.8 Å². The van der Waals surface area contributed by atoms with Crippen LogP contribution in [0.4, 0.5) is 0 Å². The van der Waals surface area contributed by atoms with Gasteiger partial charge in [-0.25, -0.2) is 0 Å². The van der Waals surface area contributed by atoms with Crippen molar-refractivity contribution in [3.63, 3.8) is 0 Å². The van der Waals surface area contributed by atoms with Gasteiger partial charge in [-0.1, -0.05) is 13.8 Å². The second-order valence-electron chi connectivity index (χ2n) is 5.71. The van der Waals surface area contributed by atoms with E-state index >= 15 is 0 Å². The molecule has 0 aromatic rings. The molecule has 1 N–H and O–H groups in total. The van der Waals surface area contributed by atoms with Crippen molar-refractivity contribution in [1.29, 1.82) is 0 Å². The minimum absolute atomic E-state index is 0.0113. The molecule has 2 fully saturated rings. The van der Waals surface area contributed by atoms with E-state index in [0.29, 0.717) is 25.9 Å². The Balaban J connectivity index is 1.94. The number of hydrogen-bond acceptors (Lipinski definition) is 3. The lowest BCUT2D eigenvalue weighted by molar-refractivity contribution is -0.142. The predicted molar refractivity (Wildman–Crippen MR) is 71.4 cm³/mol. The van der Waals surface area contributed by atoms with Gasteiger partial charge in [0, 0.05) is 32.0 Å². The zero-order chi connectivity index (χ0) is 14.0. The largest absolute Gasteiger partial charge is 0.389 e. The normalized spacial score (nSPS) is 29.7. The molecule has 5 nitrogen and oxygen atoms in total. The molecule has 3 unspecified atom stereocenters. The highest BCUT2D eigenvalue weighted by Crippen LogP contribution is 2.23. The quantitative estimate of drug-likeness (QED) is 0.816. The monoisotopic (exact) mass is 268 g/mol. The predicted octanol–water partition coefficient (Wildman–Crippen LogP) is 0.617. The third-order valence-electron chi connectivity index (χ3n) is 4.40. The van der Waals surface area contributed by atoms with Gasteiger partial charge in [0.2, 0.25) is 11.8 Å². The molecule has 0 saturated carbocycles. The fourth-order valence-corrected chi connectivity index (χ4v) is 2.99. The fourth-order valence-electron chi connectivity index (χ4n) is 2.99. The van der Waals surface area contributed by atoms with Gasteiger partial charge >= 0.3 is 0 Å². The molecule has 2 saturated heterocycles. The summed E-state index contributed by atoms with van der Waals surface area (Å²) in [6.07, 6.45) is 2.38. The molecule has 108 valence electrons. The molecule has 0 bridgehead atoms. The average molecular weight is 268 g/mol. The first-order valence-electron chi connectivity index (χ1n) is 7.31. The van der Waals surface area contributed by atoms with Crippen LogP contribution in [0.1, 0.15) is 39.5 Å². The molecule has 2 aliphatic rings. The molecule has 0 spiro atoms. The smallest absolute Gasteiger partial charge is 0.225 e. The van der Waals surface area contributed by atoms with Gasteiger partial charge in [0.15, 0.2) is 0 Å². The van der Waals surface area contributed by atoms with Crippen molar-refractivity contribution < 1.29 is 14.7 Å². The van der Waals surface area contributed by atoms with Crippen LogP contribution in [-0.2, 0) is 9.59 Å². The first-order valence-corrected chi connectivity index (χ1v) is 7.31. The summed E-state index contributed by atoms with van der Waals surface area (Å²) in [6.45, 7) is 5.67. The van der Waals surface area contributed by atoms with E-state index in [0.717, 1.165) is 19.4 Å². The summed E-state index contributed by atoms with van der Waals surface area (Å²) in [5, 5.41) is 10.2. The van der Waals surface area contributed by atoms with Crippen molar-refractivity contribution in [2.75, 3.05) is 19.6 Å². The van der Waals surface area contributed by atoms with Crippen molar-refractivity contribution >= 4 is 11.8 Å². The Hall–Kier alpha value is -1.10. The van der Waals surface area contributed by atoms with Gasteiger partial charge < -0.3 is 14.9 Å². The minimum atomic E-state index is -0.608. The fraction of sp³-hybridized carbons (Fsp3) is 0.857. The van der Waals surface area contributed by atoms with Gasteiger partial charge in [-0.15, -0.1) is 0 Å². The number of hydrogen-bond donors (Lipinski definition) is 1. The Bertz CT molecular complexity index is 359. The van der Waals surface area contributed by atoms with Gasteiger partial charge in [-0.05, 0) is 19.3 Å². The Labute approximate surface area is 114 Å².